The van der Waals surface area contributed by atoms with Crippen LogP contribution in [0.2, 0.25) is 0 Å². The van der Waals surface area contributed by atoms with E-state index in [1.165, 1.54) is 30.3 Å². The Kier molecular flexibility index (Phi) is 7.60. The Bertz CT molecular complexity index is 1210. The third-order valence-electron chi connectivity index (χ3n) is 4.34. The first-order valence-electron chi connectivity index (χ1n) is 9.91. The van der Waals surface area contributed by atoms with Gasteiger partial charge in [-0.25, -0.2) is 4.79 Å². The Morgan fingerprint density at radius 3 is 1.24 bits per heavy atom. The van der Waals surface area contributed by atoms with Crippen molar-refractivity contribution < 1.29 is 55.3 Å². The number of alkyl halides is 6. The first-order valence-corrected chi connectivity index (χ1v) is 9.91. The summed E-state index contributed by atoms with van der Waals surface area (Å²) in [5, 5.41) is 12.7. The van der Waals surface area contributed by atoms with Crippen molar-refractivity contribution in [2.45, 2.75) is 12.4 Å². The Morgan fingerprint density at radius 2 is 0.946 bits per heavy atom. The molecule has 0 aliphatic heterocycles. The van der Waals surface area contributed by atoms with Gasteiger partial charge in [0.1, 0.15) is 23.0 Å². The van der Waals surface area contributed by atoms with Gasteiger partial charge in [0.05, 0.1) is 5.56 Å². The van der Waals surface area contributed by atoms with Gasteiger partial charge in [-0.05, 0) is 60.7 Å². The van der Waals surface area contributed by atoms with Gasteiger partial charge in [-0.3, -0.25) is 9.59 Å². The highest BCUT2D eigenvalue weighted by molar-refractivity contribution is 5.95. The molecule has 2 amide bonds. The Hall–Kier alpha value is -4.75. The first-order chi connectivity index (χ1) is 17.2. The van der Waals surface area contributed by atoms with Crippen LogP contribution in [0.4, 0.5) is 37.7 Å². The number of halogens is 6. The van der Waals surface area contributed by atoms with Crippen LogP contribution < -0.4 is 20.1 Å². The number of benzene rings is 3. The Morgan fingerprint density at radius 1 is 0.595 bits per heavy atom. The largest absolute Gasteiger partial charge is 0.478 e. The molecule has 0 aromatic heterocycles. The second-order valence-electron chi connectivity index (χ2n) is 7.15. The predicted molar refractivity (Wildman–Crippen MR) is 116 cm³/mol. The van der Waals surface area contributed by atoms with Gasteiger partial charge in [0, 0.05) is 17.4 Å². The van der Waals surface area contributed by atoms with Gasteiger partial charge in [0.25, 0.3) is 0 Å². The number of anilines is 2. The molecule has 0 radical (unpaired) electrons. The van der Waals surface area contributed by atoms with Crippen LogP contribution in [0.5, 0.6) is 23.0 Å². The molecule has 3 aromatic rings. The zero-order valence-corrected chi connectivity index (χ0v) is 18.1. The predicted octanol–water partition coefficient (Wildman–Crippen LogP) is 5.97. The van der Waals surface area contributed by atoms with Crippen LogP contribution >= 0.6 is 0 Å². The molecule has 0 heterocycles. The lowest BCUT2D eigenvalue weighted by atomic mass is 10.2. The highest BCUT2D eigenvalue weighted by Gasteiger charge is 2.39. The molecule has 3 aromatic carbocycles. The van der Waals surface area contributed by atoms with Crippen LogP contribution in [0.3, 0.4) is 0 Å². The van der Waals surface area contributed by atoms with E-state index in [1.54, 1.807) is 10.6 Å². The topological polar surface area (TPSA) is 114 Å². The van der Waals surface area contributed by atoms with E-state index in [9.17, 15) is 45.8 Å². The lowest BCUT2D eigenvalue weighted by Gasteiger charge is -2.12. The lowest BCUT2D eigenvalue weighted by molar-refractivity contribution is -0.167. The van der Waals surface area contributed by atoms with Gasteiger partial charge < -0.3 is 25.2 Å². The number of nitrogens with one attached hydrogen (secondary N) is 2. The number of hydrogen-bond acceptors (Lipinski definition) is 5. The molecule has 0 atom stereocenters. The maximum Gasteiger partial charge on any atom is 0.471 e. The summed E-state index contributed by atoms with van der Waals surface area (Å²) in [6.07, 6.45) is -10.1. The molecule has 8 nitrogen and oxygen atoms in total. The van der Waals surface area contributed by atoms with Crippen LogP contribution in [0.25, 0.3) is 0 Å². The minimum Gasteiger partial charge on any atom is -0.478 e. The van der Waals surface area contributed by atoms with Gasteiger partial charge in [-0.1, -0.05) is 0 Å². The molecule has 0 saturated carbocycles. The summed E-state index contributed by atoms with van der Waals surface area (Å²) in [5.41, 5.74) is -0.573. The van der Waals surface area contributed by atoms with Crippen molar-refractivity contribution in [3.05, 3.63) is 72.3 Å². The molecule has 194 valence electrons. The molecule has 0 bridgehead atoms. The second kappa shape index (κ2) is 10.5. The van der Waals surface area contributed by atoms with Gasteiger partial charge >= 0.3 is 30.1 Å². The zero-order chi connectivity index (χ0) is 27.4. The monoisotopic (exact) mass is 528 g/mol. The van der Waals surface area contributed by atoms with E-state index in [1.807, 2.05) is 0 Å². The molecule has 0 spiro atoms. The van der Waals surface area contributed by atoms with Crippen molar-refractivity contribution in [1.82, 2.24) is 0 Å². The van der Waals surface area contributed by atoms with Crippen LogP contribution in [-0.4, -0.2) is 35.2 Å². The fourth-order valence-corrected chi connectivity index (χ4v) is 2.70. The standard InChI is InChI=1S/C23H14F6N2O6/c24-22(25,26)20(34)30-13-1-5-15(6-2-13)36-17-9-12(19(32)33)10-18(11-17)37-16-7-3-14(4-8-16)31-21(35)23(27,28)29/h1-11H,(H,30,34)(H,31,35)(H,32,33). The fourth-order valence-electron chi connectivity index (χ4n) is 2.70. The molecule has 0 unspecified atom stereocenters. The zero-order valence-electron chi connectivity index (χ0n) is 18.1. The SMILES string of the molecule is O=C(O)c1cc(Oc2ccc(NC(=O)C(F)(F)F)cc2)cc(Oc2ccc(NC(=O)C(F)(F)F)cc2)c1. The van der Waals surface area contributed by atoms with E-state index in [-0.39, 0.29) is 39.9 Å². The Balaban J connectivity index is 1.74. The molecule has 3 N–H and O–H groups in total. The van der Waals surface area contributed by atoms with Gasteiger partial charge in [-0.2, -0.15) is 26.3 Å². The summed E-state index contributed by atoms with van der Waals surface area (Å²) in [5.74, 6) is -5.55. The van der Waals surface area contributed by atoms with Crippen LogP contribution in [-0.2, 0) is 9.59 Å². The highest BCUT2D eigenvalue weighted by atomic mass is 19.4. The molecule has 3 rings (SSSR count). The normalized spacial score (nSPS) is 11.4. The van der Waals surface area contributed by atoms with Crippen LogP contribution in [0.1, 0.15) is 10.4 Å². The maximum absolute atomic E-state index is 12.4. The van der Waals surface area contributed by atoms with Crippen molar-refractivity contribution in [2.24, 2.45) is 0 Å². The number of aromatic carboxylic acids is 1. The van der Waals surface area contributed by atoms with E-state index >= 15 is 0 Å². The summed E-state index contributed by atoms with van der Waals surface area (Å²) in [7, 11) is 0. The molecule has 0 fully saturated rings. The minimum absolute atomic E-state index is 0.0314. The lowest BCUT2D eigenvalue weighted by Crippen LogP contribution is -2.29. The number of ether oxygens (including phenoxy) is 2. The fraction of sp³-hybridized carbons (Fsp3) is 0.0870. The van der Waals surface area contributed by atoms with E-state index in [0.717, 1.165) is 36.4 Å². The molecular formula is C23H14F6N2O6. The third kappa shape index (κ3) is 7.62. The molecule has 0 saturated heterocycles. The summed E-state index contributed by atoms with van der Waals surface area (Å²) >= 11 is 0. The number of carbonyl (C=O) groups is 3. The van der Waals surface area contributed by atoms with Crippen molar-refractivity contribution >= 4 is 29.2 Å². The van der Waals surface area contributed by atoms with Gasteiger partial charge in [0.2, 0.25) is 0 Å². The number of hydrogen-bond donors (Lipinski definition) is 3. The first kappa shape index (κ1) is 26.8. The van der Waals surface area contributed by atoms with E-state index in [0.29, 0.717) is 0 Å². The highest BCUT2D eigenvalue weighted by Crippen LogP contribution is 2.32. The number of rotatable bonds is 7. The quantitative estimate of drug-likeness (QED) is 0.326. The number of carbonyl (C=O) groups excluding carboxylic acids is 2. The van der Waals surface area contributed by atoms with E-state index in [2.05, 4.69) is 0 Å². The minimum atomic E-state index is -5.07. The van der Waals surface area contributed by atoms with Crippen molar-refractivity contribution in [1.29, 1.82) is 0 Å². The van der Waals surface area contributed by atoms with Crippen LogP contribution in [0, 0.1) is 0 Å². The second-order valence-corrected chi connectivity index (χ2v) is 7.15. The molecule has 0 aliphatic carbocycles. The summed E-state index contributed by atoms with van der Waals surface area (Å²) < 4.78 is 85.2. The molecule has 14 heteroatoms. The smallest absolute Gasteiger partial charge is 0.471 e. The van der Waals surface area contributed by atoms with Crippen molar-refractivity contribution in [3.8, 4) is 23.0 Å². The third-order valence-corrected chi connectivity index (χ3v) is 4.34. The van der Waals surface area contributed by atoms with Crippen molar-refractivity contribution in [2.75, 3.05) is 10.6 Å². The summed E-state index contributed by atoms with van der Waals surface area (Å²) in [6, 6.07) is 13.0. The molecule has 0 aliphatic rings. The van der Waals surface area contributed by atoms with E-state index in [4.69, 9.17) is 9.47 Å². The van der Waals surface area contributed by atoms with Gasteiger partial charge in [-0.15, -0.1) is 0 Å². The summed E-state index contributed by atoms with van der Waals surface area (Å²) in [4.78, 5) is 33.5. The van der Waals surface area contributed by atoms with E-state index < -0.39 is 30.1 Å². The van der Waals surface area contributed by atoms with Crippen molar-refractivity contribution in [3.63, 3.8) is 0 Å². The molecule has 37 heavy (non-hydrogen) atoms. The molecular weight excluding hydrogens is 514 g/mol. The number of amides is 2. The number of carboxylic acid groups (broad SMARTS) is 1. The Labute approximate surface area is 203 Å². The average Bonchev–Trinajstić information content (AvgIpc) is 2.80. The van der Waals surface area contributed by atoms with Gasteiger partial charge in [0.15, 0.2) is 0 Å². The number of carboxylic acids is 1. The summed E-state index contributed by atoms with van der Waals surface area (Å²) in [6.45, 7) is 0. The maximum atomic E-state index is 12.4. The average molecular weight is 528 g/mol. The van der Waals surface area contributed by atoms with Crippen LogP contribution in [0.15, 0.2) is 66.7 Å².